The average molecular weight is 449 g/mol. The molecular weight excluding hydrogens is 423 g/mol. The number of nitrogens with zero attached hydrogens (tertiary/aromatic N) is 4. The molecule has 2 fully saturated rings. The quantitative estimate of drug-likeness (QED) is 0.537. The Hall–Kier alpha value is -2.77. The third kappa shape index (κ3) is 5.00. The van der Waals surface area contributed by atoms with Crippen LogP contribution in [0.5, 0.6) is 5.75 Å². The number of anilines is 2. The van der Waals surface area contributed by atoms with Crippen molar-refractivity contribution < 1.29 is 23.0 Å². The third-order valence-electron chi connectivity index (χ3n) is 5.70. The molecular formula is C22H26F3N5O2. The number of benzene rings is 1. The van der Waals surface area contributed by atoms with Gasteiger partial charge in [0.1, 0.15) is 11.6 Å². The number of hydrogen-bond donors (Lipinski definition) is 2. The Bertz CT molecular complexity index is 1020. The first-order valence-corrected chi connectivity index (χ1v) is 10.7. The minimum atomic E-state index is -4.84. The Labute approximate surface area is 184 Å². The van der Waals surface area contributed by atoms with Crippen LogP contribution in [0.3, 0.4) is 0 Å². The Kier molecular flexibility index (Phi) is 6.58. The van der Waals surface area contributed by atoms with Crippen LogP contribution in [-0.2, 0) is 0 Å². The van der Waals surface area contributed by atoms with Gasteiger partial charge in [0.05, 0.1) is 24.7 Å². The van der Waals surface area contributed by atoms with E-state index in [1.807, 2.05) is 4.90 Å². The SMILES string of the molecule is COc1cc2c(N[C@@H](O)C(F)(F)F)nc(N3CCCC3)nc2cc1C#CCN1CCCC1. The second kappa shape index (κ2) is 9.38. The number of nitrogens with one attached hydrogen (secondary N) is 1. The molecule has 0 radical (unpaired) electrons. The predicted octanol–water partition coefficient (Wildman–Crippen LogP) is 2.98. The summed E-state index contributed by atoms with van der Waals surface area (Å²) >= 11 is 0. The van der Waals surface area contributed by atoms with E-state index in [-0.39, 0.29) is 5.82 Å². The molecule has 0 saturated carbocycles. The topological polar surface area (TPSA) is 73.7 Å². The molecule has 1 atom stereocenters. The largest absolute Gasteiger partial charge is 0.495 e. The molecule has 2 aliphatic rings. The van der Waals surface area contributed by atoms with Crippen LogP contribution >= 0.6 is 0 Å². The van der Waals surface area contributed by atoms with Crippen molar-refractivity contribution >= 4 is 22.7 Å². The molecule has 1 aromatic carbocycles. The van der Waals surface area contributed by atoms with Crippen molar-refractivity contribution in [2.45, 2.75) is 38.1 Å². The monoisotopic (exact) mass is 449 g/mol. The number of alkyl halides is 3. The maximum absolute atomic E-state index is 13.0. The van der Waals surface area contributed by atoms with E-state index in [0.29, 0.717) is 34.7 Å². The highest BCUT2D eigenvalue weighted by atomic mass is 19.4. The Morgan fingerprint density at radius 2 is 1.81 bits per heavy atom. The summed E-state index contributed by atoms with van der Waals surface area (Å²) in [5.74, 6) is 6.91. The molecule has 1 aromatic heterocycles. The van der Waals surface area contributed by atoms with Gasteiger partial charge in [0.2, 0.25) is 12.2 Å². The number of hydrogen-bond acceptors (Lipinski definition) is 7. The van der Waals surface area contributed by atoms with Crippen LogP contribution in [0.25, 0.3) is 10.9 Å². The van der Waals surface area contributed by atoms with Gasteiger partial charge in [-0.2, -0.15) is 18.2 Å². The third-order valence-corrected chi connectivity index (χ3v) is 5.70. The van der Waals surface area contributed by atoms with Gasteiger partial charge < -0.3 is 20.1 Å². The number of likely N-dealkylation sites (tertiary alicyclic amines) is 1. The summed E-state index contributed by atoms with van der Waals surface area (Å²) < 4.78 is 44.4. The molecule has 32 heavy (non-hydrogen) atoms. The van der Waals surface area contributed by atoms with Gasteiger partial charge in [0, 0.05) is 18.5 Å². The molecule has 0 bridgehead atoms. The molecule has 0 unspecified atom stereocenters. The number of methoxy groups -OCH3 is 1. The molecule has 2 N–H and O–H groups in total. The molecule has 4 rings (SSSR count). The summed E-state index contributed by atoms with van der Waals surface area (Å²) in [4.78, 5) is 13.1. The number of aromatic nitrogens is 2. The minimum absolute atomic E-state index is 0.100. The lowest BCUT2D eigenvalue weighted by molar-refractivity contribution is -0.194. The highest BCUT2D eigenvalue weighted by molar-refractivity contribution is 5.92. The van der Waals surface area contributed by atoms with E-state index >= 15 is 0 Å². The Morgan fingerprint density at radius 3 is 2.47 bits per heavy atom. The second-order valence-electron chi connectivity index (χ2n) is 8.01. The van der Waals surface area contributed by atoms with E-state index in [0.717, 1.165) is 39.0 Å². The molecule has 2 aliphatic heterocycles. The zero-order valence-corrected chi connectivity index (χ0v) is 17.9. The summed E-state index contributed by atoms with van der Waals surface area (Å²) in [5, 5.41) is 12.0. The van der Waals surface area contributed by atoms with Crippen LogP contribution in [-0.4, -0.2) is 72.2 Å². The lowest BCUT2D eigenvalue weighted by Crippen LogP contribution is -2.36. The first kappa shape index (κ1) is 22.4. The van der Waals surface area contributed by atoms with Crippen LogP contribution in [0.15, 0.2) is 12.1 Å². The molecule has 2 saturated heterocycles. The van der Waals surface area contributed by atoms with Crippen molar-refractivity contribution in [2.24, 2.45) is 0 Å². The van der Waals surface area contributed by atoms with Gasteiger partial charge in [-0.25, -0.2) is 4.98 Å². The second-order valence-corrected chi connectivity index (χ2v) is 8.01. The molecule has 7 nitrogen and oxygen atoms in total. The lowest BCUT2D eigenvalue weighted by Gasteiger charge is -2.21. The summed E-state index contributed by atoms with van der Waals surface area (Å²) in [6, 6.07) is 3.27. The number of rotatable bonds is 5. The number of aliphatic hydroxyl groups excluding tert-OH is 1. The Balaban J connectivity index is 1.74. The van der Waals surface area contributed by atoms with Gasteiger partial charge in [0.25, 0.3) is 0 Å². The van der Waals surface area contributed by atoms with Gasteiger partial charge in [-0.05, 0) is 50.9 Å². The normalized spacial score (nSPS) is 18.0. The van der Waals surface area contributed by atoms with Crippen molar-refractivity contribution in [1.82, 2.24) is 14.9 Å². The van der Waals surface area contributed by atoms with Gasteiger partial charge in [-0.15, -0.1) is 0 Å². The summed E-state index contributed by atoms with van der Waals surface area (Å²) in [6.45, 7) is 4.17. The van der Waals surface area contributed by atoms with Crippen molar-refractivity contribution in [3.63, 3.8) is 0 Å². The molecule has 0 amide bonds. The number of ether oxygens (including phenoxy) is 1. The molecule has 3 heterocycles. The standard InChI is InChI=1S/C22H26F3N5O2/c1-32-18-14-16-17(13-15(18)7-6-10-29-8-2-3-9-29)26-21(30-11-4-5-12-30)28-19(16)27-20(31)22(23,24)25/h13-14,20,31H,2-5,8-12H2,1H3,(H,26,27,28)/t20-/m0/s1. The lowest BCUT2D eigenvalue weighted by atomic mass is 10.1. The highest BCUT2D eigenvalue weighted by Gasteiger charge is 2.39. The predicted molar refractivity (Wildman–Crippen MR) is 116 cm³/mol. The zero-order chi connectivity index (χ0) is 22.7. The van der Waals surface area contributed by atoms with Crippen molar-refractivity contribution in [1.29, 1.82) is 0 Å². The fourth-order valence-electron chi connectivity index (χ4n) is 3.98. The van der Waals surface area contributed by atoms with E-state index in [4.69, 9.17) is 4.74 Å². The summed E-state index contributed by atoms with van der Waals surface area (Å²) in [7, 11) is 1.48. The maximum atomic E-state index is 13.0. The number of halogens is 3. The summed E-state index contributed by atoms with van der Waals surface area (Å²) in [5.41, 5.74) is 1.04. The van der Waals surface area contributed by atoms with Crippen LogP contribution in [0.4, 0.5) is 24.9 Å². The van der Waals surface area contributed by atoms with E-state index in [9.17, 15) is 18.3 Å². The number of fused-ring (bicyclic) bond motifs is 1. The Morgan fingerprint density at radius 1 is 1.12 bits per heavy atom. The zero-order valence-electron chi connectivity index (χ0n) is 17.9. The first-order valence-electron chi connectivity index (χ1n) is 10.7. The van der Waals surface area contributed by atoms with E-state index in [1.165, 1.54) is 20.0 Å². The first-order chi connectivity index (χ1) is 15.3. The smallest absolute Gasteiger partial charge is 0.433 e. The van der Waals surface area contributed by atoms with Crippen LogP contribution in [0.2, 0.25) is 0 Å². The molecule has 2 aromatic rings. The van der Waals surface area contributed by atoms with Gasteiger partial charge >= 0.3 is 6.18 Å². The van der Waals surface area contributed by atoms with E-state index in [1.54, 1.807) is 12.1 Å². The van der Waals surface area contributed by atoms with Gasteiger partial charge in [-0.3, -0.25) is 4.90 Å². The van der Waals surface area contributed by atoms with E-state index in [2.05, 4.69) is 32.0 Å². The van der Waals surface area contributed by atoms with Gasteiger partial charge in [0.15, 0.2) is 0 Å². The van der Waals surface area contributed by atoms with Crippen molar-refractivity contribution in [3.05, 3.63) is 17.7 Å². The fourth-order valence-corrected chi connectivity index (χ4v) is 3.98. The van der Waals surface area contributed by atoms with Crippen molar-refractivity contribution in [3.8, 4) is 17.6 Å². The molecule has 10 heteroatoms. The van der Waals surface area contributed by atoms with E-state index < -0.39 is 12.4 Å². The van der Waals surface area contributed by atoms with Crippen molar-refractivity contribution in [2.75, 3.05) is 50.1 Å². The fraction of sp³-hybridized carbons (Fsp3) is 0.545. The maximum Gasteiger partial charge on any atom is 0.433 e. The molecule has 0 spiro atoms. The highest BCUT2D eigenvalue weighted by Crippen LogP contribution is 2.32. The number of aliphatic hydroxyl groups is 1. The molecule has 0 aliphatic carbocycles. The summed E-state index contributed by atoms with van der Waals surface area (Å²) in [6.07, 6.45) is -3.31. The molecule has 172 valence electrons. The van der Waals surface area contributed by atoms with Crippen LogP contribution in [0, 0.1) is 11.8 Å². The average Bonchev–Trinajstić information content (AvgIpc) is 3.47. The van der Waals surface area contributed by atoms with Crippen LogP contribution in [0.1, 0.15) is 31.2 Å². The van der Waals surface area contributed by atoms with Crippen LogP contribution < -0.4 is 15.0 Å². The minimum Gasteiger partial charge on any atom is -0.495 e. The van der Waals surface area contributed by atoms with Gasteiger partial charge in [-0.1, -0.05) is 11.8 Å².